The quantitative estimate of drug-likeness (QED) is 0.0880. The summed E-state index contributed by atoms with van der Waals surface area (Å²) in [7, 11) is -7.74. The molecule has 1 aliphatic heterocycles. The second-order valence-corrected chi connectivity index (χ2v) is 39.5. The molecule has 9 nitrogen and oxygen atoms in total. The maximum atomic E-state index is 7.51. The van der Waals surface area contributed by atoms with Crippen LogP contribution in [0.3, 0.4) is 0 Å². The predicted molar refractivity (Wildman–Crippen MR) is 219 cm³/mol. The van der Waals surface area contributed by atoms with Gasteiger partial charge in [0.05, 0.1) is 25.4 Å². The Hall–Kier alpha value is 0.248. The van der Waals surface area contributed by atoms with E-state index in [1.807, 2.05) is 0 Å². The van der Waals surface area contributed by atoms with Crippen molar-refractivity contribution < 1.29 is 36.7 Å². The molecule has 0 bridgehead atoms. The van der Waals surface area contributed by atoms with E-state index in [9.17, 15) is 0 Å². The number of ether oxygens (including phenoxy) is 4. The minimum absolute atomic E-state index is 0.0209. The molecule has 0 aliphatic carbocycles. The summed E-state index contributed by atoms with van der Waals surface area (Å²) < 4.78 is 53.9. The van der Waals surface area contributed by atoms with Crippen LogP contribution < -0.4 is 5.73 Å². The standard InChI is InChI=1S/C37H81NO8Si4/c1-23-28(41-26-39-14)27(38)24-40-33-32(46-50(21,22)37(11,12)13)31(45-49(19,20)36(8,9)10)30(44-48(17,18)35(5,6)7)29(43-33)25-42-47(15,16)34(2,3)4/h23,27-33H,1,24-26,38H2,2-22H3/t27-,28+,29-,30-,31+,32-,33-/m1/s1. The summed E-state index contributed by atoms with van der Waals surface area (Å²) >= 11 is 0. The molecule has 0 radical (unpaired) electrons. The minimum Gasteiger partial charge on any atom is -0.414 e. The van der Waals surface area contributed by atoms with Crippen LogP contribution in [0, 0.1) is 0 Å². The topological polar surface area (TPSA) is 99.9 Å². The van der Waals surface area contributed by atoms with Gasteiger partial charge in [0, 0.05) is 7.11 Å². The Morgan fingerprint density at radius 2 is 1.06 bits per heavy atom. The number of methoxy groups -OCH3 is 1. The monoisotopic (exact) mass is 780 g/mol. The summed E-state index contributed by atoms with van der Waals surface area (Å²) in [6, 6.07) is -0.511. The van der Waals surface area contributed by atoms with E-state index in [0.29, 0.717) is 6.61 Å². The van der Waals surface area contributed by atoms with Gasteiger partial charge in [0.15, 0.2) is 39.6 Å². The van der Waals surface area contributed by atoms with Gasteiger partial charge in [-0.2, -0.15) is 0 Å². The summed E-state index contributed by atoms with van der Waals surface area (Å²) in [6.45, 7) is 49.9. The van der Waals surface area contributed by atoms with Gasteiger partial charge < -0.3 is 42.4 Å². The normalized spacial score (nSPS) is 25.0. The van der Waals surface area contributed by atoms with Crippen LogP contribution in [0.1, 0.15) is 83.1 Å². The molecule has 0 unspecified atom stereocenters. The third kappa shape index (κ3) is 12.7. The molecule has 13 heteroatoms. The SMILES string of the molecule is C=C[C@H](OCOC)[C@H](N)CO[C@@H]1O[C@H](CO[Si](C)(C)C(C)(C)C)[C@@H](O[Si](C)(C)C(C)(C)C)[C@H](O[Si](C)(C)C(C)(C)C)[C@H]1O[Si](C)(C)C(C)(C)C. The Balaban J connectivity index is 4.00. The predicted octanol–water partition coefficient (Wildman–Crippen LogP) is 9.42. The lowest BCUT2D eigenvalue weighted by Crippen LogP contribution is -2.68. The Labute approximate surface area is 312 Å². The molecule has 0 aromatic heterocycles. The highest BCUT2D eigenvalue weighted by Crippen LogP contribution is 2.46. The first-order valence-corrected chi connectivity index (χ1v) is 30.2. The van der Waals surface area contributed by atoms with Crippen LogP contribution in [0.2, 0.25) is 72.5 Å². The third-order valence-electron chi connectivity index (χ3n) is 12.2. The molecule has 1 heterocycles. The maximum absolute atomic E-state index is 7.51. The summed E-state index contributed by atoms with van der Waals surface area (Å²) in [5.41, 5.74) is 6.65. The van der Waals surface area contributed by atoms with E-state index in [1.165, 1.54) is 0 Å². The lowest BCUT2D eigenvalue weighted by molar-refractivity contribution is -0.293. The molecule has 0 saturated carbocycles. The Kier molecular flexibility index (Phi) is 16.8. The van der Waals surface area contributed by atoms with Gasteiger partial charge in [-0.15, -0.1) is 6.58 Å². The fraction of sp³-hybridized carbons (Fsp3) is 0.946. The lowest BCUT2D eigenvalue weighted by atomic mass is 9.99. The van der Waals surface area contributed by atoms with Gasteiger partial charge in [-0.05, 0) is 72.5 Å². The van der Waals surface area contributed by atoms with E-state index in [1.54, 1.807) is 13.2 Å². The van der Waals surface area contributed by atoms with Gasteiger partial charge in [0.2, 0.25) is 0 Å². The minimum atomic E-state index is -2.40. The van der Waals surface area contributed by atoms with Crippen LogP contribution >= 0.6 is 0 Å². The molecule has 0 spiro atoms. The zero-order valence-electron chi connectivity index (χ0n) is 36.3. The largest absolute Gasteiger partial charge is 0.414 e. The van der Waals surface area contributed by atoms with Crippen LogP contribution in [0.4, 0.5) is 0 Å². The second kappa shape index (κ2) is 17.4. The summed E-state index contributed by atoms with van der Waals surface area (Å²) in [6.07, 6.45) is -1.52. The van der Waals surface area contributed by atoms with E-state index >= 15 is 0 Å². The highest BCUT2D eigenvalue weighted by Gasteiger charge is 2.57. The van der Waals surface area contributed by atoms with Gasteiger partial charge in [0.25, 0.3) is 0 Å². The van der Waals surface area contributed by atoms with Crippen molar-refractivity contribution in [3.05, 3.63) is 12.7 Å². The molecule has 1 rings (SSSR count). The van der Waals surface area contributed by atoms with Crippen molar-refractivity contribution >= 4 is 33.3 Å². The molecule has 0 aromatic rings. The average Bonchev–Trinajstić information content (AvgIpc) is 2.91. The van der Waals surface area contributed by atoms with E-state index in [-0.39, 0.29) is 33.6 Å². The van der Waals surface area contributed by atoms with Crippen LogP contribution in [0.25, 0.3) is 0 Å². The fourth-order valence-corrected chi connectivity index (χ4v) is 9.34. The summed E-state index contributed by atoms with van der Waals surface area (Å²) in [5.74, 6) is 0. The van der Waals surface area contributed by atoms with Crippen LogP contribution in [-0.2, 0) is 36.7 Å². The molecule has 1 aliphatic rings. The number of nitrogens with two attached hydrogens (primary N) is 1. The summed E-state index contributed by atoms with van der Waals surface area (Å²) in [4.78, 5) is 0. The number of hydrogen-bond acceptors (Lipinski definition) is 9. The van der Waals surface area contributed by atoms with Crippen molar-refractivity contribution in [2.75, 3.05) is 27.1 Å². The molecule has 7 atom stereocenters. The van der Waals surface area contributed by atoms with E-state index in [4.69, 9.17) is 42.4 Å². The first kappa shape index (κ1) is 48.3. The lowest BCUT2D eigenvalue weighted by Gasteiger charge is -2.55. The van der Waals surface area contributed by atoms with Crippen molar-refractivity contribution in [1.29, 1.82) is 0 Å². The highest BCUT2D eigenvalue weighted by atomic mass is 28.4. The molecular formula is C37H81NO8Si4. The molecule has 50 heavy (non-hydrogen) atoms. The second-order valence-electron chi connectivity index (χ2n) is 20.4. The Morgan fingerprint density at radius 1 is 0.660 bits per heavy atom. The number of rotatable bonds is 17. The van der Waals surface area contributed by atoms with E-state index in [2.05, 4.69) is 142 Å². The van der Waals surface area contributed by atoms with E-state index in [0.717, 1.165) is 0 Å². The maximum Gasteiger partial charge on any atom is 0.192 e. The van der Waals surface area contributed by atoms with Gasteiger partial charge in [0.1, 0.15) is 31.2 Å². The molecule has 0 amide bonds. The van der Waals surface area contributed by atoms with Crippen molar-refractivity contribution in [3.8, 4) is 0 Å². The summed E-state index contributed by atoms with van der Waals surface area (Å²) in [5, 5.41) is -0.157. The average molecular weight is 780 g/mol. The van der Waals surface area contributed by atoms with Crippen molar-refractivity contribution in [3.63, 3.8) is 0 Å². The van der Waals surface area contributed by atoms with Gasteiger partial charge in [-0.3, -0.25) is 0 Å². The van der Waals surface area contributed by atoms with Crippen LogP contribution in [-0.4, -0.2) is 103 Å². The van der Waals surface area contributed by atoms with Crippen LogP contribution in [0.5, 0.6) is 0 Å². The number of hydrogen-bond donors (Lipinski definition) is 1. The zero-order valence-corrected chi connectivity index (χ0v) is 40.3. The Bertz CT molecular complexity index is 1060. The van der Waals surface area contributed by atoms with Gasteiger partial charge in [-0.25, -0.2) is 0 Å². The third-order valence-corrected chi connectivity index (χ3v) is 30.1. The smallest absolute Gasteiger partial charge is 0.192 e. The molecule has 1 fully saturated rings. The van der Waals surface area contributed by atoms with Gasteiger partial charge in [-0.1, -0.05) is 89.2 Å². The molecule has 0 aromatic carbocycles. The van der Waals surface area contributed by atoms with Crippen molar-refractivity contribution in [1.82, 2.24) is 0 Å². The van der Waals surface area contributed by atoms with Crippen molar-refractivity contribution in [2.45, 2.75) is 198 Å². The zero-order chi connectivity index (χ0) is 39.5. The van der Waals surface area contributed by atoms with Crippen molar-refractivity contribution in [2.24, 2.45) is 5.73 Å². The van der Waals surface area contributed by atoms with E-state index < -0.39 is 76.1 Å². The Morgan fingerprint density at radius 3 is 1.44 bits per heavy atom. The molecular weight excluding hydrogens is 699 g/mol. The van der Waals surface area contributed by atoms with Gasteiger partial charge >= 0.3 is 0 Å². The van der Waals surface area contributed by atoms with Crippen LogP contribution in [0.15, 0.2) is 12.7 Å². The molecule has 1 saturated heterocycles. The molecule has 2 N–H and O–H groups in total. The first-order chi connectivity index (χ1) is 22.2. The first-order valence-electron chi connectivity index (χ1n) is 18.6. The fourth-order valence-electron chi connectivity index (χ4n) is 4.42. The molecule has 298 valence electrons. The highest BCUT2D eigenvalue weighted by molar-refractivity contribution is 6.75.